The minimum absolute atomic E-state index is 0.0631. The van der Waals surface area contributed by atoms with E-state index >= 15 is 0 Å². The molecule has 2 aliphatic rings. The van der Waals surface area contributed by atoms with Crippen molar-refractivity contribution in [2.45, 2.75) is 30.7 Å². The summed E-state index contributed by atoms with van der Waals surface area (Å²) in [5.41, 5.74) is 1.02. The summed E-state index contributed by atoms with van der Waals surface area (Å²) in [7, 11) is -3.51. The molecule has 2 fully saturated rings. The van der Waals surface area contributed by atoms with Crippen LogP contribution in [0, 0.1) is 12.8 Å². The van der Waals surface area contributed by atoms with Crippen LogP contribution in [-0.4, -0.2) is 31.1 Å². The fourth-order valence-electron chi connectivity index (χ4n) is 2.80. The smallest absolute Gasteiger partial charge is 0.243 e. The summed E-state index contributed by atoms with van der Waals surface area (Å²) in [6, 6.07) is 6.39. The zero-order chi connectivity index (χ0) is 12.9. The van der Waals surface area contributed by atoms with Crippen LogP contribution in [0.15, 0.2) is 29.2 Å². The Balaban J connectivity index is 1.95. The van der Waals surface area contributed by atoms with E-state index in [1.54, 1.807) is 24.3 Å². The van der Waals surface area contributed by atoms with Gasteiger partial charge in [0.25, 0.3) is 0 Å². The molecule has 2 atom stereocenters. The van der Waals surface area contributed by atoms with Gasteiger partial charge in [-0.3, -0.25) is 4.79 Å². The lowest BCUT2D eigenvalue weighted by molar-refractivity contribution is -0.130. The number of ketones is 1. The van der Waals surface area contributed by atoms with Crippen LogP contribution in [0.5, 0.6) is 0 Å². The molecular weight excluding hydrogens is 250 g/mol. The van der Waals surface area contributed by atoms with Crippen LogP contribution < -0.4 is 0 Å². The zero-order valence-electron chi connectivity index (χ0n) is 10.2. The Morgan fingerprint density at radius 1 is 1.22 bits per heavy atom. The highest BCUT2D eigenvalue weighted by atomic mass is 32.2. The van der Waals surface area contributed by atoms with E-state index in [4.69, 9.17) is 0 Å². The Kier molecular flexibility index (Phi) is 2.57. The summed E-state index contributed by atoms with van der Waals surface area (Å²) >= 11 is 0. The van der Waals surface area contributed by atoms with Crippen molar-refractivity contribution >= 4 is 15.8 Å². The molecule has 1 aromatic rings. The van der Waals surface area contributed by atoms with E-state index in [1.807, 2.05) is 6.92 Å². The second-order valence-corrected chi connectivity index (χ2v) is 6.98. The summed E-state index contributed by atoms with van der Waals surface area (Å²) in [5.74, 6) is 0.311. The Morgan fingerprint density at radius 2 is 1.89 bits per heavy atom. The molecule has 96 valence electrons. The van der Waals surface area contributed by atoms with Crippen molar-refractivity contribution < 1.29 is 13.2 Å². The van der Waals surface area contributed by atoms with Gasteiger partial charge in [-0.25, -0.2) is 8.42 Å². The molecule has 1 aliphatic heterocycles. The van der Waals surface area contributed by atoms with E-state index in [9.17, 15) is 13.2 Å². The lowest BCUT2D eigenvalue weighted by Crippen LogP contribution is -2.50. The molecule has 0 spiro atoms. The van der Waals surface area contributed by atoms with Gasteiger partial charge in [-0.15, -0.1) is 0 Å². The lowest BCUT2D eigenvalue weighted by Gasteiger charge is -2.33. The third-order valence-electron chi connectivity index (χ3n) is 3.90. The average molecular weight is 265 g/mol. The maximum absolute atomic E-state index is 12.5. The molecule has 3 rings (SSSR count). The van der Waals surface area contributed by atoms with E-state index in [2.05, 4.69) is 0 Å². The Labute approximate surface area is 107 Å². The summed E-state index contributed by atoms with van der Waals surface area (Å²) in [5, 5.41) is 0. The predicted molar refractivity (Wildman–Crippen MR) is 66.6 cm³/mol. The fourth-order valence-corrected chi connectivity index (χ4v) is 4.48. The third-order valence-corrected chi connectivity index (χ3v) is 5.79. The van der Waals surface area contributed by atoms with E-state index in [1.165, 1.54) is 4.31 Å². The number of hydrogen-bond acceptors (Lipinski definition) is 3. The molecule has 1 aliphatic carbocycles. The standard InChI is InChI=1S/C13H15NO3S/c1-9-2-4-11(5-3-9)18(16,17)14-7-6-10-8-12(15)13(10)14/h2-5,10,13H,6-8H2,1H3/t10-,13-/m1/s1. The maximum Gasteiger partial charge on any atom is 0.243 e. The van der Waals surface area contributed by atoms with Gasteiger partial charge in [-0.2, -0.15) is 4.31 Å². The number of fused-ring (bicyclic) bond motifs is 1. The number of benzene rings is 1. The topological polar surface area (TPSA) is 54.5 Å². The van der Waals surface area contributed by atoms with Crippen LogP contribution in [0.25, 0.3) is 0 Å². The van der Waals surface area contributed by atoms with Gasteiger partial charge in [-0.1, -0.05) is 17.7 Å². The number of aryl methyl sites for hydroxylation is 1. The number of carbonyl (C=O) groups is 1. The van der Waals surface area contributed by atoms with Crippen molar-refractivity contribution in [3.63, 3.8) is 0 Å². The van der Waals surface area contributed by atoms with Gasteiger partial charge in [0.15, 0.2) is 5.78 Å². The number of nitrogens with zero attached hydrogens (tertiary/aromatic N) is 1. The Hall–Kier alpha value is -1.20. The van der Waals surface area contributed by atoms with E-state index in [-0.39, 0.29) is 16.6 Å². The minimum atomic E-state index is -3.51. The summed E-state index contributed by atoms with van der Waals surface area (Å²) < 4.78 is 26.3. The minimum Gasteiger partial charge on any atom is -0.298 e. The normalized spacial score (nSPS) is 27.9. The first-order valence-electron chi connectivity index (χ1n) is 6.11. The summed E-state index contributed by atoms with van der Waals surface area (Å²) in [6.45, 7) is 2.38. The van der Waals surface area contributed by atoms with E-state index < -0.39 is 16.1 Å². The molecule has 18 heavy (non-hydrogen) atoms. The van der Waals surface area contributed by atoms with Gasteiger partial charge in [0.2, 0.25) is 10.0 Å². The molecule has 0 unspecified atom stereocenters. The van der Waals surface area contributed by atoms with Crippen LogP contribution in [0.2, 0.25) is 0 Å². The Bertz CT molecular complexity index is 591. The number of hydrogen-bond donors (Lipinski definition) is 0. The van der Waals surface area contributed by atoms with Crippen molar-refractivity contribution in [2.24, 2.45) is 5.92 Å². The molecule has 1 saturated heterocycles. The monoisotopic (exact) mass is 265 g/mol. The van der Waals surface area contributed by atoms with Crippen LogP contribution >= 0.6 is 0 Å². The van der Waals surface area contributed by atoms with Crippen LogP contribution in [0.3, 0.4) is 0 Å². The molecule has 1 aromatic carbocycles. The van der Waals surface area contributed by atoms with Crippen LogP contribution in [-0.2, 0) is 14.8 Å². The van der Waals surface area contributed by atoms with Gasteiger partial charge in [0.05, 0.1) is 10.9 Å². The molecule has 0 N–H and O–H groups in total. The zero-order valence-corrected chi connectivity index (χ0v) is 11.0. The molecule has 0 aromatic heterocycles. The number of sulfonamides is 1. The van der Waals surface area contributed by atoms with Gasteiger partial charge < -0.3 is 0 Å². The second kappa shape index (κ2) is 3.90. The quantitative estimate of drug-likeness (QED) is 0.811. The first-order chi connectivity index (χ1) is 8.50. The first-order valence-corrected chi connectivity index (χ1v) is 7.55. The molecule has 1 saturated carbocycles. The number of carbonyl (C=O) groups excluding carboxylic acids is 1. The highest BCUT2D eigenvalue weighted by Gasteiger charge is 2.52. The van der Waals surface area contributed by atoms with Crippen molar-refractivity contribution in [3.05, 3.63) is 29.8 Å². The van der Waals surface area contributed by atoms with E-state index in [0.717, 1.165) is 12.0 Å². The second-order valence-electron chi connectivity index (χ2n) is 5.09. The van der Waals surface area contributed by atoms with Crippen molar-refractivity contribution in [1.29, 1.82) is 0 Å². The third kappa shape index (κ3) is 1.61. The Morgan fingerprint density at radius 3 is 2.50 bits per heavy atom. The lowest BCUT2D eigenvalue weighted by atomic mass is 9.79. The molecule has 4 nitrogen and oxygen atoms in total. The summed E-state index contributed by atoms with van der Waals surface area (Å²) in [6.07, 6.45) is 1.35. The highest BCUT2D eigenvalue weighted by molar-refractivity contribution is 7.89. The van der Waals surface area contributed by atoms with Gasteiger partial charge in [0.1, 0.15) is 0 Å². The number of Topliss-reactive ketones (excluding diaryl/α,β-unsaturated/α-hetero) is 1. The molecular formula is C13H15NO3S. The molecule has 1 heterocycles. The highest BCUT2D eigenvalue weighted by Crippen LogP contribution is 2.40. The van der Waals surface area contributed by atoms with E-state index in [0.29, 0.717) is 13.0 Å². The predicted octanol–water partition coefficient (Wildman–Crippen LogP) is 1.35. The first kappa shape index (κ1) is 11.9. The molecule has 0 amide bonds. The fraction of sp³-hybridized carbons (Fsp3) is 0.462. The SMILES string of the molecule is Cc1ccc(S(=O)(=O)N2CC[C@@H]3CC(=O)[C@@H]32)cc1. The van der Waals surface area contributed by atoms with Crippen molar-refractivity contribution in [2.75, 3.05) is 6.54 Å². The van der Waals surface area contributed by atoms with Gasteiger partial charge in [0, 0.05) is 13.0 Å². The maximum atomic E-state index is 12.5. The van der Waals surface area contributed by atoms with Gasteiger partial charge in [-0.05, 0) is 31.4 Å². The van der Waals surface area contributed by atoms with Crippen LogP contribution in [0.1, 0.15) is 18.4 Å². The largest absolute Gasteiger partial charge is 0.298 e. The molecule has 5 heteroatoms. The van der Waals surface area contributed by atoms with Gasteiger partial charge >= 0.3 is 0 Å². The summed E-state index contributed by atoms with van der Waals surface area (Å²) in [4.78, 5) is 11.8. The molecule has 0 bridgehead atoms. The average Bonchev–Trinajstić information content (AvgIpc) is 2.67. The van der Waals surface area contributed by atoms with Crippen molar-refractivity contribution in [3.8, 4) is 0 Å². The molecule has 0 radical (unpaired) electrons. The van der Waals surface area contributed by atoms with Crippen molar-refractivity contribution in [1.82, 2.24) is 4.31 Å². The number of rotatable bonds is 2. The van der Waals surface area contributed by atoms with Crippen LogP contribution in [0.4, 0.5) is 0 Å².